The molecule has 0 spiro atoms. The molecule has 0 atom stereocenters. The highest BCUT2D eigenvalue weighted by Crippen LogP contribution is 2.75. The van der Waals surface area contributed by atoms with Crippen LogP contribution in [0.4, 0.5) is 0 Å². The van der Waals surface area contributed by atoms with Gasteiger partial charge in [-0.25, -0.2) is 0 Å². The Morgan fingerprint density at radius 3 is 1.69 bits per heavy atom. The normalized spacial score (nSPS) is 19.1. The molecule has 2 aliphatic rings. The van der Waals surface area contributed by atoms with Gasteiger partial charge in [0.2, 0.25) is 0 Å². The van der Waals surface area contributed by atoms with Crippen molar-refractivity contribution in [2.75, 3.05) is 0 Å². The Labute approximate surface area is 162 Å². The standard InChI is InChI=1S/C22H19OPS2/c23-24(16-8-2-1-3-9-16)21(19-12-6-14-25-19)17-10-4-5-11-18(17)22(24)20-13-7-15-26-20/h1-3,6-9,12-15H,4-5,10-11H2. The van der Waals surface area contributed by atoms with E-state index in [2.05, 4.69) is 47.2 Å². The Bertz CT molecular complexity index is 977. The second-order valence-electron chi connectivity index (χ2n) is 6.76. The molecular weight excluding hydrogens is 375 g/mol. The van der Waals surface area contributed by atoms with Crippen molar-refractivity contribution in [3.63, 3.8) is 0 Å². The lowest BCUT2D eigenvalue weighted by molar-refractivity contribution is 0.593. The van der Waals surface area contributed by atoms with E-state index in [4.69, 9.17) is 0 Å². The van der Waals surface area contributed by atoms with Crippen molar-refractivity contribution in [2.24, 2.45) is 0 Å². The third kappa shape index (κ3) is 2.38. The third-order valence-corrected chi connectivity index (χ3v) is 10.7. The molecule has 1 aromatic carbocycles. The quantitative estimate of drug-likeness (QED) is 0.429. The Hall–Kier alpha value is -1.67. The second-order valence-corrected chi connectivity index (χ2v) is 11.3. The summed E-state index contributed by atoms with van der Waals surface area (Å²) in [7, 11) is -2.85. The molecule has 0 unspecified atom stereocenters. The molecule has 4 heteroatoms. The maximum Gasteiger partial charge on any atom is 0.174 e. The highest BCUT2D eigenvalue weighted by Gasteiger charge is 2.46. The fourth-order valence-electron chi connectivity index (χ4n) is 4.25. The molecule has 1 saturated carbocycles. The fourth-order valence-corrected chi connectivity index (χ4v) is 10.1. The summed E-state index contributed by atoms with van der Waals surface area (Å²) in [6.07, 6.45) is 4.49. The van der Waals surface area contributed by atoms with Crippen LogP contribution in [0.15, 0.2) is 76.5 Å². The molecule has 2 aromatic heterocycles. The van der Waals surface area contributed by atoms with Gasteiger partial charge < -0.3 is 4.57 Å². The molecule has 0 amide bonds. The van der Waals surface area contributed by atoms with E-state index in [1.54, 1.807) is 22.7 Å². The summed E-state index contributed by atoms with van der Waals surface area (Å²) in [6, 6.07) is 18.6. The first-order valence-electron chi connectivity index (χ1n) is 9.01. The van der Waals surface area contributed by atoms with Crippen LogP contribution < -0.4 is 5.30 Å². The maximum atomic E-state index is 14.9. The van der Waals surface area contributed by atoms with Crippen LogP contribution >= 0.6 is 29.8 Å². The maximum absolute atomic E-state index is 14.9. The Kier molecular flexibility index (Phi) is 4.12. The number of hydrogen-bond acceptors (Lipinski definition) is 3. The van der Waals surface area contributed by atoms with Crippen LogP contribution in [0, 0.1) is 0 Å². The molecule has 0 N–H and O–H groups in total. The Morgan fingerprint density at radius 1 is 0.692 bits per heavy atom. The summed E-state index contributed by atoms with van der Waals surface area (Å²) in [5.41, 5.74) is 2.74. The number of fused-ring (bicyclic) bond motifs is 1. The van der Waals surface area contributed by atoms with Crippen molar-refractivity contribution in [3.8, 4) is 0 Å². The van der Waals surface area contributed by atoms with E-state index in [9.17, 15) is 4.57 Å². The smallest absolute Gasteiger partial charge is 0.174 e. The van der Waals surface area contributed by atoms with Gasteiger partial charge in [0.25, 0.3) is 0 Å². The predicted molar refractivity (Wildman–Crippen MR) is 115 cm³/mol. The summed E-state index contributed by atoms with van der Waals surface area (Å²) in [5.74, 6) is 0. The van der Waals surface area contributed by atoms with E-state index >= 15 is 0 Å². The molecule has 5 rings (SSSR count). The zero-order valence-corrected chi connectivity index (χ0v) is 16.9. The van der Waals surface area contributed by atoms with Crippen molar-refractivity contribution in [3.05, 3.63) is 86.3 Å². The molecular formula is C22H19OPS2. The van der Waals surface area contributed by atoms with E-state index < -0.39 is 7.14 Å². The average Bonchev–Trinajstić information content (AvgIpc) is 3.41. The topological polar surface area (TPSA) is 17.1 Å². The SMILES string of the molecule is O=P1(c2ccccc2)C(c2cccs2)=C2CCCCC2=C1c1cccs1. The first kappa shape index (κ1) is 16.5. The number of thiophene rings is 2. The molecule has 130 valence electrons. The molecule has 1 aliphatic carbocycles. The van der Waals surface area contributed by atoms with Gasteiger partial charge in [0, 0.05) is 25.7 Å². The van der Waals surface area contributed by atoms with E-state index in [-0.39, 0.29) is 0 Å². The molecule has 26 heavy (non-hydrogen) atoms. The van der Waals surface area contributed by atoms with Crippen LogP contribution in [0.25, 0.3) is 10.6 Å². The number of rotatable bonds is 3. The van der Waals surface area contributed by atoms with E-state index in [1.807, 2.05) is 18.2 Å². The Morgan fingerprint density at radius 2 is 1.23 bits per heavy atom. The van der Waals surface area contributed by atoms with Crippen molar-refractivity contribution in [1.29, 1.82) is 0 Å². The summed E-state index contributed by atoms with van der Waals surface area (Å²) in [6.45, 7) is 0. The molecule has 1 fully saturated rings. The lowest BCUT2D eigenvalue weighted by atomic mass is 9.88. The van der Waals surface area contributed by atoms with Crippen LogP contribution in [0.5, 0.6) is 0 Å². The average molecular weight is 395 g/mol. The molecule has 0 saturated heterocycles. The summed E-state index contributed by atoms with van der Waals surface area (Å²) >= 11 is 3.44. The molecule has 1 aliphatic heterocycles. The van der Waals surface area contributed by atoms with Crippen LogP contribution in [0.3, 0.4) is 0 Å². The molecule has 0 radical (unpaired) electrons. The van der Waals surface area contributed by atoms with Crippen molar-refractivity contribution < 1.29 is 4.57 Å². The van der Waals surface area contributed by atoms with Crippen molar-refractivity contribution in [2.45, 2.75) is 25.7 Å². The molecule has 0 bridgehead atoms. The number of benzene rings is 1. The van der Waals surface area contributed by atoms with Gasteiger partial charge in [-0.3, -0.25) is 0 Å². The number of hydrogen-bond donors (Lipinski definition) is 0. The van der Waals surface area contributed by atoms with E-state index in [0.29, 0.717) is 0 Å². The molecule has 3 heterocycles. The minimum absolute atomic E-state index is 0.973. The zero-order valence-electron chi connectivity index (χ0n) is 14.4. The first-order valence-corrected chi connectivity index (χ1v) is 12.5. The lowest BCUT2D eigenvalue weighted by Gasteiger charge is -2.20. The van der Waals surface area contributed by atoms with Crippen LogP contribution in [-0.2, 0) is 4.57 Å². The zero-order chi connectivity index (χ0) is 17.6. The highest BCUT2D eigenvalue weighted by molar-refractivity contribution is 7.91. The summed E-state index contributed by atoms with van der Waals surface area (Å²) < 4.78 is 14.9. The molecule has 1 nitrogen and oxygen atoms in total. The van der Waals surface area contributed by atoms with Gasteiger partial charge in [0.05, 0.1) is 0 Å². The van der Waals surface area contributed by atoms with Gasteiger partial charge in [0.15, 0.2) is 7.14 Å². The minimum atomic E-state index is -2.85. The van der Waals surface area contributed by atoms with Gasteiger partial charge in [-0.1, -0.05) is 42.5 Å². The van der Waals surface area contributed by atoms with Crippen LogP contribution in [-0.4, -0.2) is 0 Å². The van der Waals surface area contributed by atoms with Crippen LogP contribution in [0.1, 0.15) is 35.4 Å². The fraction of sp³-hybridized carbons (Fsp3) is 0.182. The predicted octanol–water partition coefficient (Wildman–Crippen LogP) is 7.21. The summed E-state index contributed by atoms with van der Waals surface area (Å²) in [5, 5.41) is 7.42. The second kappa shape index (κ2) is 6.49. The van der Waals surface area contributed by atoms with Gasteiger partial charge in [-0.2, -0.15) is 0 Å². The number of allylic oxidation sites excluding steroid dienone is 2. The highest BCUT2D eigenvalue weighted by atomic mass is 32.1. The van der Waals surface area contributed by atoms with Gasteiger partial charge >= 0.3 is 0 Å². The monoisotopic (exact) mass is 394 g/mol. The first-order chi connectivity index (χ1) is 12.8. The van der Waals surface area contributed by atoms with Crippen molar-refractivity contribution in [1.82, 2.24) is 0 Å². The summed E-state index contributed by atoms with van der Waals surface area (Å²) in [4.78, 5) is 2.36. The Balaban J connectivity index is 1.86. The third-order valence-electron chi connectivity index (χ3n) is 5.30. The van der Waals surface area contributed by atoms with Crippen LogP contribution in [0.2, 0.25) is 0 Å². The van der Waals surface area contributed by atoms with Gasteiger partial charge in [-0.15, -0.1) is 22.7 Å². The van der Waals surface area contributed by atoms with Gasteiger partial charge in [0.1, 0.15) is 0 Å². The lowest BCUT2D eigenvalue weighted by Crippen LogP contribution is -2.05. The van der Waals surface area contributed by atoms with Crippen molar-refractivity contribution >= 4 is 45.7 Å². The molecule has 3 aromatic rings. The van der Waals surface area contributed by atoms with E-state index in [1.165, 1.54) is 33.7 Å². The van der Waals surface area contributed by atoms with Gasteiger partial charge in [-0.05, 0) is 59.7 Å². The minimum Gasteiger partial charge on any atom is -0.309 e. The van der Waals surface area contributed by atoms with E-state index in [0.717, 1.165) is 28.8 Å². The largest absolute Gasteiger partial charge is 0.309 e.